The van der Waals surface area contributed by atoms with Crippen molar-refractivity contribution in [3.8, 4) is 11.5 Å². The normalized spacial score (nSPS) is 16.4. The maximum absolute atomic E-state index is 5.78. The predicted molar refractivity (Wildman–Crippen MR) is 130 cm³/mol. The third-order valence-corrected chi connectivity index (χ3v) is 5.95. The molecule has 0 saturated heterocycles. The van der Waals surface area contributed by atoms with Gasteiger partial charge < -0.3 is 20.1 Å². The zero-order chi connectivity index (χ0) is 19.2. The van der Waals surface area contributed by atoms with Gasteiger partial charge in [-0.15, -0.1) is 35.3 Å². The topological polar surface area (TPSA) is 58.1 Å². The number of rotatable bonds is 5. The van der Waals surface area contributed by atoms with E-state index in [0.717, 1.165) is 68.7 Å². The first-order valence-corrected chi connectivity index (χ1v) is 10.9. The summed E-state index contributed by atoms with van der Waals surface area (Å²) in [6.45, 7) is 8.17. The third kappa shape index (κ3) is 5.99. The SMILES string of the molecule is CCNC(=NCCN1CCc2sccc2C1)Nc1ccc2c(c1)OCCCO2.I. The summed E-state index contributed by atoms with van der Waals surface area (Å²) in [6.07, 6.45) is 2.07. The fourth-order valence-corrected chi connectivity index (χ4v) is 4.38. The minimum atomic E-state index is 0. The Morgan fingerprint density at radius 2 is 2.07 bits per heavy atom. The lowest BCUT2D eigenvalue weighted by Gasteiger charge is -2.26. The number of nitrogens with one attached hydrogen (secondary N) is 2. The van der Waals surface area contributed by atoms with Crippen LogP contribution in [-0.4, -0.2) is 50.3 Å². The predicted octanol–water partition coefficient (Wildman–Crippen LogP) is 3.96. The second-order valence-corrected chi connectivity index (χ2v) is 7.99. The zero-order valence-corrected chi connectivity index (χ0v) is 19.9. The number of ether oxygens (including phenoxy) is 2. The van der Waals surface area contributed by atoms with Crippen molar-refractivity contribution in [1.82, 2.24) is 10.2 Å². The van der Waals surface area contributed by atoms with Crippen LogP contribution in [0.5, 0.6) is 11.5 Å². The van der Waals surface area contributed by atoms with E-state index in [1.807, 2.05) is 29.5 Å². The second kappa shape index (κ2) is 11.0. The van der Waals surface area contributed by atoms with Crippen molar-refractivity contribution in [2.75, 3.05) is 44.7 Å². The lowest BCUT2D eigenvalue weighted by Crippen LogP contribution is -2.34. The van der Waals surface area contributed by atoms with Gasteiger partial charge in [0.25, 0.3) is 0 Å². The highest BCUT2D eigenvalue weighted by molar-refractivity contribution is 14.0. The van der Waals surface area contributed by atoms with E-state index in [-0.39, 0.29) is 24.0 Å². The van der Waals surface area contributed by atoms with Crippen LogP contribution in [0.3, 0.4) is 0 Å². The molecule has 6 nitrogen and oxygen atoms in total. The lowest BCUT2D eigenvalue weighted by atomic mass is 10.1. The van der Waals surface area contributed by atoms with Gasteiger partial charge in [0.05, 0.1) is 19.8 Å². The number of hydrogen-bond acceptors (Lipinski definition) is 5. The Balaban J connectivity index is 0.00000240. The molecule has 4 rings (SSSR count). The number of fused-ring (bicyclic) bond motifs is 2. The van der Waals surface area contributed by atoms with Gasteiger partial charge in [-0.3, -0.25) is 9.89 Å². The molecule has 0 amide bonds. The second-order valence-electron chi connectivity index (χ2n) is 6.99. The standard InChI is InChI=1S/C21H28N4O2S.HI/c1-2-22-21(23-8-10-25-9-6-20-16(15-25)7-13-28-20)24-17-4-5-18-19(14-17)27-12-3-11-26-18;/h4-5,7,13-14H,2-3,6,8-12,15H2,1H3,(H2,22,23,24);1H. The van der Waals surface area contributed by atoms with Gasteiger partial charge in [-0.05, 0) is 42.5 Å². The summed E-state index contributed by atoms with van der Waals surface area (Å²) in [4.78, 5) is 8.79. The van der Waals surface area contributed by atoms with Crippen LogP contribution in [0, 0.1) is 0 Å². The molecule has 0 radical (unpaired) electrons. The summed E-state index contributed by atoms with van der Waals surface area (Å²) < 4.78 is 11.5. The van der Waals surface area contributed by atoms with E-state index in [4.69, 9.17) is 14.5 Å². The molecule has 0 fully saturated rings. The van der Waals surface area contributed by atoms with Crippen LogP contribution < -0.4 is 20.1 Å². The highest BCUT2D eigenvalue weighted by atomic mass is 127. The first-order valence-electron chi connectivity index (χ1n) is 10.0. The molecule has 0 spiro atoms. The monoisotopic (exact) mass is 528 g/mol. The van der Waals surface area contributed by atoms with Gasteiger partial charge in [0.2, 0.25) is 0 Å². The van der Waals surface area contributed by atoms with E-state index in [1.54, 1.807) is 4.88 Å². The molecule has 0 atom stereocenters. The van der Waals surface area contributed by atoms with Crippen molar-refractivity contribution >= 4 is 47.0 Å². The van der Waals surface area contributed by atoms with Crippen molar-refractivity contribution in [3.05, 3.63) is 40.1 Å². The first-order chi connectivity index (χ1) is 13.8. The van der Waals surface area contributed by atoms with Crippen LogP contribution >= 0.6 is 35.3 Å². The van der Waals surface area contributed by atoms with Gasteiger partial charge in [0.15, 0.2) is 17.5 Å². The number of benzene rings is 1. The summed E-state index contributed by atoms with van der Waals surface area (Å²) in [6, 6.07) is 8.20. The Labute approximate surface area is 193 Å². The number of anilines is 1. The van der Waals surface area contributed by atoms with Crippen LogP contribution in [0.2, 0.25) is 0 Å². The highest BCUT2D eigenvalue weighted by Crippen LogP contribution is 2.32. The highest BCUT2D eigenvalue weighted by Gasteiger charge is 2.16. The Hall–Kier alpha value is -1.52. The van der Waals surface area contributed by atoms with Gasteiger partial charge >= 0.3 is 0 Å². The zero-order valence-electron chi connectivity index (χ0n) is 16.8. The van der Waals surface area contributed by atoms with E-state index < -0.39 is 0 Å². The van der Waals surface area contributed by atoms with Gasteiger partial charge in [0, 0.05) is 49.2 Å². The third-order valence-electron chi connectivity index (χ3n) is 4.93. The van der Waals surface area contributed by atoms with Crippen LogP contribution in [-0.2, 0) is 13.0 Å². The van der Waals surface area contributed by atoms with E-state index >= 15 is 0 Å². The Morgan fingerprint density at radius 3 is 2.93 bits per heavy atom. The molecule has 1 aromatic carbocycles. The molecule has 158 valence electrons. The molecular weight excluding hydrogens is 499 g/mol. The lowest BCUT2D eigenvalue weighted by molar-refractivity contribution is 0.264. The molecule has 8 heteroatoms. The number of nitrogens with zero attached hydrogens (tertiary/aromatic N) is 2. The molecule has 2 aliphatic rings. The maximum Gasteiger partial charge on any atom is 0.195 e. The fraction of sp³-hybridized carbons (Fsp3) is 0.476. The summed E-state index contributed by atoms with van der Waals surface area (Å²) in [5.41, 5.74) is 2.43. The molecule has 2 N–H and O–H groups in total. The van der Waals surface area contributed by atoms with E-state index in [1.165, 1.54) is 5.56 Å². The fourth-order valence-electron chi connectivity index (χ4n) is 3.49. The minimum Gasteiger partial charge on any atom is -0.490 e. The summed E-state index contributed by atoms with van der Waals surface area (Å²) in [5.74, 6) is 2.39. The largest absolute Gasteiger partial charge is 0.490 e. The molecule has 0 bridgehead atoms. The average molecular weight is 528 g/mol. The first kappa shape index (κ1) is 22.2. The summed E-state index contributed by atoms with van der Waals surface area (Å²) in [5, 5.41) is 8.91. The Morgan fingerprint density at radius 1 is 1.21 bits per heavy atom. The van der Waals surface area contributed by atoms with Crippen molar-refractivity contribution in [2.45, 2.75) is 26.3 Å². The van der Waals surface area contributed by atoms with Crippen LogP contribution in [0.25, 0.3) is 0 Å². The van der Waals surface area contributed by atoms with Crippen LogP contribution in [0.15, 0.2) is 34.6 Å². The van der Waals surface area contributed by atoms with Crippen molar-refractivity contribution < 1.29 is 9.47 Å². The number of guanidine groups is 1. The van der Waals surface area contributed by atoms with Crippen molar-refractivity contribution in [3.63, 3.8) is 0 Å². The maximum atomic E-state index is 5.78. The molecule has 2 aromatic rings. The molecule has 0 unspecified atom stereocenters. The minimum absolute atomic E-state index is 0. The molecule has 1 aromatic heterocycles. The summed E-state index contributed by atoms with van der Waals surface area (Å²) in [7, 11) is 0. The van der Waals surface area contributed by atoms with E-state index in [2.05, 4.69) is 33.9 Å². The van der Waals surface area contributed by atoms with Crippen LogP contribution in [0.4, 0.5) is 5.69 Å². The quantitative estimate of drug-likeness (QED) is 0.350. The molecule has 3 heterocycles. The van der Waals surface area contributed by atoms with Gasteiger partial charge in [-0.2, -0.15) is 0 Å². The van der Waals surface area contributed by atoms with E-state index in [0.29, 0.717) is 13.2 Å². The molecular formula is C21H29IN4O2S. The van der Waals surface area contributed by atoms with Crippen molar-refractivity contribution in [2.24, 2.45) is 4.99 Å². The molecule has 29 heavy (non-hydrogen) atoms. The number of thiophene rings is 1. The van der Waals surface area contributed by atoms with Crippen molar-refractivity contribution in [1.29, 1.82) is 0 Å². The van der Waals surface area contributed by atoms with Gasteiger partial charge in [-0.1, -0.05) is 0 Å². The Bertz CT molecular complexity index is 827. The van der Waals surface area contributed by atoms with E-state index in [9.17, 15) is 0 Å². The van der Waals surface area contributed by atoms with Gasteiger partial charge in [0.1, 0.15) is 0 Å². The van der Waals surface area contributed by atoms with Crippen LogP contribution in [0.1, 0.15) is 23.8 Å². The van der Waals surface area contributed by atoms with Gasteiger partial charge in [-0.25, -0.2) is 0 Å². The number of halogens is 1. The molecule has 0 aliphatic carbocycles. The average Bonchev–Trinajstić information content (AvgIpc) is 3.04. The number of hydrogen-bond donors (Lipinski definition) is 2. The summed E-state index contributed by atoms with van der Waals surface area (Å²) >= 11 is 1.88. The molecule has 2 aliphatic heterocycles. The smallest absolute Gasteiger partial charge is 0.195 e. The number of aliphatic imine (C=N–C) groups is 1. The molecule has 0 saturated carbocycles. The Kier molecular flexibility index (Phi) is 8.43.